The van der Waals surface area contributed by atoms with E-state index in [9.17, 15) is 8.76 Å². The van der Waals surface area contributed by atoms with E-state index >= 15 is 0 Å². The molecular weight excluding hydrogens is 154 g/mol. The van der Waals surface area contributed by atoms with Gasteiger partial charge in [-0.15, -0.1) is 0 Å². The van der Waals surface area contributed by atoms with Gasteiger partial charge in [-0.3, -0.25) is 4.57 Å². The highest BCUT2D eigenvalue weighted by Gasteiger charge is 2.17. The zero-order chi connectivity index (χ0) is 8.20. The molecule has 0 aromatic heterocycles. The van der Waals surface area contributed by atoms with Crippen LogP contribution in [-0.2, 0) is 9.09 Å². The Bertz CT molecular complexity index is 128. The lowest BCUT2D eigenvalue weighted by molar-refractivity contribution is 0.183. The fourth-order valence-corrected chi connectivity index (χ4v) is 1.53. The molecule has 10 heavy (non-hydrogen) atoms. The molecular formula is C6H14FO2P. The number of halogens is 1. The molecule has 0 spiro atoms. The monoisotopic (exact) mass is 168 g/mol. The molecule has 0 aliphatic rings. The molecule has 2 nitrogen and oxygen atoms in total. The van der Waals surface area contributed by atoms with Crippen molar-refractivity contribution in [1.82, 2.24) is 0 Å². The van der Waals surface area contributed by atoms with Gasteiger partial charge in [0.05, 0.1) is 6.10 Å². The van der Waals surface area contributed by atoms with Crippen LogP contribution in [0.3, 0.4) is 0 Å². The molecule has 0 fully saturated rings. The third kappa shape index (κ3) is 4.95. The van der Waals surface area contributed by atoms with Gasteiger partial charge in [-0.2, -0.15) is 4.20 Å². The van der Waals surface area contributed by atoms with Crippen LogP contribution in [0.15, 0.2) is 0 Å². The molecule has 0 heterocycles. The zero-order valence-electron chi connectivity index (χ0n) is 6.63. The second kappa shape index (κ2) is 4.09. The van der Waals surface area contributed by atoms with E-state index in [1.165, 1.54) is 0 Å². The van der Waals surface area contributed by atoms with Gasteiger partial charge in [0.1, 0.15) is 0 Å². The summed E-state index contributed by atoms with van der Waals surface area (Å²) in [6.45, 7) is 4.75. The first kappa shape index (κ1) is 10.1. The lowest BCUT2D eigenvalue weighted by Gasteiger charge is -2.13. The minimum absolute atomic E-state index is 0.194. The maximum atomic E-state index is 12.3. The zero-order valence-corrected chi connectivity index (χ0v) is 7.53. The van der Waals surface area contributed by atoms with Crippen LogP contribution in [0.5, 0.6) is 0 Å². The molecule has 0 aliphatic heterocycles. The van der Waals surface area contributed by atoms with Crippen molar-refractivity contribution in [2.45, 2.75) is 32.8 Å². The summed E-state index contributed by atoms with van der Waals surface area (Å²) in [4.78, 5) is 0. The molecule has 0 aromatic rings. The Balaban J connectivity index is 3.75. The predicted octanol–water partition coefficient (Wildman–Crippen LogP) is 2.98. The maximum Gasteiger partial charge on any atom is 0.364 e. The van der Waals surface area contributed by atoms with Crippen molar-refractivity contribution in [3.8, 4) is 0 Å². The first-order valence-corrected chi connectivity index (χ1v) is 5.41. The van der Waals surface area contributed by atoms with Crippen LogP contribution < -0.4 is 0 Å². The van der Waals surface area contributed by atoms with Gasteiger partial charge in [0.15, 0.2) is 0 Å². The molecule has 0 bridgehead atoms. The van der Waals surface area contributed by atoms with E-state index in [1.807, 2.05) is 13.8 Å². The Morgan fingerprint density at radius 2 is 1.90 bits per heavy atom. The Labute approximate surface area is 61.3 Å². The average molecular weight is 168 g/mol. The molecule has 1 unspecified atom stereocenters. The quantitative estimate of drug-likeness (QED) is 0.603. The average Bonchev–Trinajstić information content (AvgIpc) is 1.81. The van der Waals surface area contributed by atoms with Gasteiger partial charge in [-0.25, -0.2) is 0 Å². The van der Waals surface area contributed by atoms with E-state index in [0.29, 0.717) is 12.8 Å². The summed E-state index contributed by atoms with van der Waals surface area (Å²) in [6.07, 6.45) is 1.22. The normalized spacial score (nSPS) is 17.3. The van der Waals surface area contributed by atoms with Crippen LogP contribution >= 0.6 is 7.68 Å². The molecule has 0 saturated carbocycles. The summed E-state index contributed by atoms with van der Waals surface area (Å²) in [5.74, 6) is 0. The molecule has 0 N–H and O–H groups in total. The summed E-state index contributed by atoms with van der Waals surface area (Å²) in [5, 5.41) is 0. The van der Waals surface area contributed by atoms with Gasteiger partial charge in [-0.1, -0.05) is 13.8 Å². The Kier molecular flexibility index (Phi) is 4.14. The summed E-state index contributed by atoms with van der Waals surface area (Å²) in [5.41, 5.74) is 0. The highest BCUT2D eigenvalue weighted by Crippen LogP contribution is 2.46. The largest absolute Gasteiger partial charge is 0.364 e. The van der Waals surface area contributed by atoms with Crippen molar-refractivity contribution < 1.29 is 13.3 Å². The molecule has 0 amide bonds. The second-order valence-corrected chi connectivity index (χ2v) is 3.99. The molecule has 62 valence electrons. The van der Waals surface area contributed by atoms with Crippen molar-refractivity contribution >= 4 is 7.68 Å². The third-order valence-corrected chi connectivity index (χ3v) is 1.92. The van der Waals surface area contributed by atoms with Crippen molar-refractivity contribution in [3.05, 3.63) is 0 Å². The standard InChI is InChI=1S/C6H14FO2P/c1-4-6(5-2)9-10(3,7)8/h6H,4-5H2,1-3H3. The van der Waals surface area contributed by atoms with Crippen molar-refractivity contribution in [2.75, 3.05) is 6.66 Å². The van der Waals surface area contributed by atoms with Gasteiger partial charge >= 0.3 is 7.68 Å². The fraction of sp³-hybridized carbons (Fsp3) is 1.00. The van der Waals surface area contributed by atoms with E-state index in [1.54, 1.807) is 0 Å². The first-order chi connectivity index (χ1) is 4.49. The summed E-state index contributed by atoms with van der Waals surface area (Å²) >= 11 is 0. The van der Waals surface area contributed by atoms with Crippen molar-refractivity contribution in [2.24, 2.45) is 0 Å². The van der Waals surface area contributed by atoms with Gasteiger partial charge in [0, 0.05) is 6.66 Å². The summed E-state index contributed by atoms with van der Waals surface area (Å²) < 4.78 is 27.4. The molecule has 0 aromatic carbocycles. The first-order valence-electron chi connectivity index (χ1n) is 3.45. The summed E-state index contributed by atoms with van der Waals surface area (Å²) in [6, 6.07) is 0. The van der Waals surface area contributed by atoms with Crippen LogP contribution in [0.25, 0.3) is 0 Å². The smallest absolute Gasteiger partial charge is 0.302 e. The SMILES string of the molecule is CCC(CC)OP(C)(=O)F. The molecule has 0 aliphatic carbocycles. The van der Waals surface area contributed by atoms with Gasteiger partial charge < -0.3 is 4.52 Å². The van der Waals surface area contributed by atoms with Crippen molar-refractivity contribution in [3.63, 3.8) is 0 Å². The minimum atomic E-state index is -3.75. The molecule has 0 rings (SSSR count). The summed E-state index contributed by atoms with van der Waals surface area (Å²) in [7, 11) is -3.75. The Morgan fingerprint density at radius 3 is 2.00 bits per heavy atom. The Hall–Kier alpha value is 0.120. The van der Waals surface area contributed by atoms with E-state index < -0.39 is 7.68 Å². The van der Waals surface area contributed by atoms with Crippen LogP contribution in [0, 0.1) is 0 Å². The molecule has 1 atom stereocenters. The van der Waals surface area contributed by atoms with E-state index in [0.717, 1.165) is 6.66 Å². The van der Waals surface area contributed by atoms with Crippen LogP contribution in [0.1, 0.15) is 26.7 Å². The van der Waals surface area contributed by atoms with Gasteiger partial charge in [0.2, 0.25) is 0 Å². The maximum absolute atomic E-state index is 12.3. The lowest BCUT2D eigenvalue weighted by atomic mass is 10.2. The predicted molar refractivity (Wildman–Crippen MR) is 40.1 cm³/mol. The van der Waals surface area contributed by atoms with Crippen LogP contribution in [0.4, 0.5) is 4.20 Å². The third-order valence-electron chi connectivity index (χ3n) is 1.25. The van der Waals surface area contributed by atoms with Gasteiger partial charge in [0.25, 0.3) is 0 Å². The minimum Gasteiger partial charge on any atom is -0.302 e. The fourth-order valence-electron chi connectivity index (χ4n) is 0.704. The highest BCUT2D eigenvalue weighted by molar-refractivity contribution is 7.52. The van der Waals surface area contributed by atoms with Crippen LogP contribution in [0.2, 0.25) is 0 Å². The number of hydrogen-bond donors (Lipinski definition) is 0. The molecule has 4 heteroatoms. The topological polar surface area (TPSA) is 26.3 Å². The highest BCUT2D eigenvalue weighted by atomic mass is 31.2. The van der Waals surface area contributed by atoms with Crippen LogP contribution in [-0.4, -0.2) is 12.8 Å². The van der Waals surface area contributed by atoms with E-state index in [4.69, 9.17) is 0 Å². The van der Waals surface area contributed by atoms with Crippen molar-refractivity contribution in [1.29, 1.82) is 0 Å². The van der Waals surface area contributed by atoms with Gasteiger partial charge in [-0.05, 0) is 12.8 Å². The number of rotatable bonds is 4. The number of hydrogen-bond acceptors (Lipinski definition) is 2. The second-order valence-electron chi connectivity index (χ2n) is 2.29. The molecule has 0 radical (unpaired) electrons. The Morgan fingerprint density at radius 1 is 1.50 bits per heavy atom. The molecule has 0 saturated heterocycles. The lowest BCUT2D eigenvalue weighted by Crippen LogP contribution is -2.06. The van der Waals surface area contributed by atoms with E-state index in [2.05, 4.69) is 4.52 Å². The van der Waals surface area contributed by atoms with E-state index in [-0.39, 0.29) is 6.10 Å².